The van der Waals surface area contributed by atoms with Gasteiger partial charge in [-0.25, -0.2) is 0 Å². The van der Waals surface area contributed by atoms with Crippen LogP contribution in [0.25, 0.3) is 12.2 Å². The van der Waals surface area contributed by atoms with Crippen LogP contribution in [0.4, 0.5) is 11.4 Å². The molecule has 250 valence electrons. The highest BCUT2D eigenvalue weighted by Crippen LogP contribution is 2.47. The van der Waals surface area contributed by atoms with Crippen molar-refractivity contribution in [2.24, 2.45) is 0 Å². The van der Waals surface area contributed by atoms with E-state index in [9.17, 15) is 20.2 Å². The van der Waals surface area contributed by atoms with Crippen molar-refractivity contribution in [3.8, 4) is 11.5 Å². The van der Waals surface area contributed by atoms with Gasteiger partial charge in [-0.15, -0.1) is 0 Å². The normalized spacial score (nSPS) is 15.2. The molecule has 0 atom stereocenters. The topological polar surface area (TPSA) is 105 Å². The lowest BCUT2D eigenvalue weighted by atomic mass is 9.89. The van der Waals surface area contributed by atoms with Gasteiger partial charge in [0.1, 0.15) is 22.7 Å². The Labute approximate surface area is 282 Å². The van der Waals surface area contributed by atoms with Gasteiger partial charge in [-0.3, -0.25) is 20.2 Å². The summed E-state index contributed by atoms with van der Waals surface area (Å²) in [7, 11) is 0. The number of aryl methyl sites for hydroxylation is 1. The minimum atomic E-state index is -0.343. The molecule has 4 aromatic rings. The van der Waals surface area contributed by atoms with Gasteiger partial charge in [0.2, 0.25) is 0 Å². The van der Waals surface area contributed by atoms with Crippen molar-refractivity contribution in [1.82, 2.24) is 0 Å². The SMILES string of the molecule is Cc1c(C)c([N+](=O)[O-])c(C=Cc2ccccc2)c2c1OC(C)(C)C2.Cc1c(C)c([N+](=O)[O-])c(CCc2ccccc2)c2c1OC(C)(C)C2. The van der Waals surface area contributed by atoms with E-state index < -0.39 is 0 Å². The molecule has 8 heteroatoms. The number of fused-ring (bicyclic) bond motifs is 2. The minimum Gasteiger partial charge on any atom is -0.487 e. The van der Waals surface area contributed by atoms with Crippen LogP contribution in [0.15, 0.2) is 60.7 Å². The smallest absolute Gasteiger partial charge is 0.280 e. The van der Waals surface area contributed by atoms with Crippen molar-refractivity contribution in [3.05, 3.63) is 137 Å². The van der Waals surface area contributed by atoms with Crippen molar-refractivity contribution < 1.29 is 19.3 Å². The van der Waals surface area contributed by atoms with E-state index >= 15 is 0 Å². The molecule has 2 aliphatic heterocycles. The number of nitro benzene ring substituents is 2. The van der Waals surface area contributed by atoms with Crippen LogP contribution in [0.5, 0.6) is 11.5 Å². The Balaban J connectivity index is 0.000000188. The summed E-state index contributed by atoms with van der Waals surface area (Å²) in [6.45, 7) is 15.5. The van der Waals surface area contributed by atoms with E-state index in [0.29, 0.717) is 30.4 Å². The van der Waals surface area contributed by atoms with Gasteiger partial charge in [0.25, 0.3) is 11.4 Å². The molecular formula is C40H44N2O6. The number of ether oxygens (including phenoxy) is 2. The number of benzene rings is 4. The average Bonchev–Trinajstić information content (AvgIpc) is 3.55. The monoisotopic (exact) mass is 648 g/mol. The van der Waals surface area contributed by atoms with Gasteiger partial charge < -0.3 is 9.47 Å². The van der Waals surface area contributed by atoms with Crippen molar-refractivity contribution in [1.29, 1.82) is 0 Å². The van der Waals surface area contributed by atoms with E-state index in [4.69, 9.17) is 9.47 Å². The molecule has 2 heterocycles. The van der Waals surface area contributed by atoms with Gasteiger partial charge in [0.05, 0.1) is 15.4 Å². The average molecular weight is 649 g/mol. The predicted octanol–water partition coefficient (Wildman–Crippen LogP) is 9.81. The first-order valence-electron chi connectivity index (χ1n) is 16.3. The standard InChI is InChI=1S/C20H23NO3.C20H21NO3/c2*1-13-14(2)19-17(12-20(3,4)24-19)16(18(13)21(22)23)11-10-15-8-6-5-7-9-15/h5-9H,10-12H2,1-4H3;5-11H,12H2,1-4H3. The molecule has 0 radical (unpaired) electrons. The van der Waals surface area contributed by atoms with Crippen LogP contribution in [0.3, 0.4) is 0 Å². The molecule has 2 aliphatic rings. The van der Waals surface area contributed by atoms with Gasteiger partial charge in [-0.05, 0) is 85.4 Å². The number of rotatable bonds is 7. The maximum absolute atomic E-state index is 11.7. The van der Waals surface area contributed by atoms with Gasteiger partial charge in [-0.2, -0.15) is 0 Å². The fourth-order valence-corrected chi connectivity index (χ4v) is 6.83. The highest BCUT2D eigenvalue weighted by molar-refractivity contribution is 5.80. The molecule has 48 heavy (non-hydrogen) atoms. The van der Waals surface area contributed by atoms with Crippen LogP contribution in [0.2, 0.25) is 0 Å². The third kappa shape index (κ3) is 6.98. The number of hydrogen-bond donors (Lipinski definition) is 0. The summed E-state index contributed by atoms with van der Waals surface area (Å²) in [6, 6.07) is 19.9. The van der Waals surface area contributed by atoms with E-state index in [-0.39, 0.29) is 32.4 Å². The van der Waals surface area contributed by atoms with Gasteiger partial charge in [0.15, 0.2) is 0 Å². The molecule has 0 aliphatic carbocycles. The number of nitro groups is 2. The highest BCUT2D eigenvalue weighted by Gasteiger charge is 2.39. The lowest BCUT2D eigenvalue weighted by molar-refractivity contribution is -0.386. The van der Waals surface area contributed by atoms with Gasteiger partial charge in [0, 0.05) is 51.8 Å². The second-order valence-corrected chi connectivity index (χ2v) is 14.0. The van der Waals surface area contributed by atoms with E-state index in [1.165, 1.54) is 5.56 Å². The van der Waals surface area contributed by atoms with E-state index in [0.717, 1.165) is 56.9 Å². The molecule has 0 fully saturated rings. The fraction of sp³-hybridized carbons (Fsp3) is 0.350. The number of nitrogens with zero attached hydrogens (tertiary/aromatic N) is 2. The first-order chi connectivity index (χ1) is 22.6. The summed E-state index contributed by atoms with van der Waals surface area (Å²) in [4.78, 5) is 22.9. The predicted molar refractivity (Wildman–Crippen MR) is 191 cm³/mol. The Morgan fingerprint density at radius 3 is 1.67 bits per heavy atom. The summed E-state index contributed by atoms with van der Waals surface area (Å²) in [5.41, 5.74) is 8.60. The summed E-state index contributed by atoms with van der Waals surface area (Å²) >= 11 is 0. The first kappa shape index (κ1) is 34.4. The Morgan fingerprint density at radius 1 is 0.646 bits per heavy atom. The fourth-order valence-electron chi connectivity index (χ4n) is 6.83. The van der Waals surface area contributed by atoms with E-state index in [1.807, 2.05) is 109 Å². The maximum atomic E-state index is 11.7. The van der Waals surface area contributed by atoms with Crippen molar-refractivity contribution in [3.63, 3.8) is 0 Å². The first-order valence-corrected chi connectivity index (χ1v) is 16.3. The molecule has 0 unspecified atom stereocenters. The van der Waals surface area contributed by atoms with Crippen LogP contribution in [-0.2, 0) is 25.7 Å². The summed E-state index contributed by atoms with van der Waals surface area (Å²) in [5.74, 6) is 1.65. The zero-order valence-corrected chi connectivity index (χ0v) is 29.1. The van der Waals surface area contributed by atoms with Crippen LogP contribution in [0, 0.1) is 47.9 Å². The Hall–Kier alpha value is -4.98. The molecule has 0 saturated heterocycles. The van der Waals surface area contributed by atoms with Crippen LogP contribution in [0.1, 0.15) is 83.3 Å². The molecule has 0 spiro atoms. The molecule has 0 aromatic heterocycles. The Bertz CT molecular complexity index is 1910. The molecule has 0 amide bonds. The quantitative estimate of drug-likeness (QED) is 0.112. The molecule has 0 saturated carbocycles. The van der Waals surface area contributed by atoms with Crippen LogP contribution in [-0.4, -0.2) is 21.0 Å². The third-order valence-electron chi connectivity index (χ3n) is 9.37. The zero-order valence-electron chi connectivity index (χ0n) is 29.1. The lowest BCUT2D eigenvalue weighted by Crippen LogP contribution is -2.25. The molecular weight excluding hydrogens is 604 g/mol. The Morgan fingerprint density at radius 2 is 1.12 bits per heavy atom. The largest absolute Gasteiger partial charge is 0.487 e. The minimum absolute atomic E-state index is 0.180. The van der Waals surface area contributed by atoms with Crippen molar-refractivity contribution in [2.45, 2.75) is 92.3 Å². The van der Waals surface area contributed by atoms with Gasteiger partial charge >= 0.3 is 0 Å². The molecule has 4 aromatic carbocycles. The highest BCUT2D eigenvalue weighted by atomic mass is 16.6. The van der Waals surface area contributed by atoms with Crippen molar-refractivity contribution in [2.75, 3.05) is 0 Å². The molecule has 6 rings (SSSR count). The zero-order chi connectivity index (χ0) is 35.0. The second kappa shape index (κ2) is 13.3. The van der Waals surface area contributed by atoms with E-state index in [1.54, 1.807) is 6.92 Å². The Kier molecular flexibility index (Phi) is 9.49. The molecule has 0 bridgehead atoms. The third-order valence-corrected chi connectivity index (χ3v) is 9.37. The van der Waals surface area contributed by atoms with E-state index in [2.05, 4.69) is 12.1 Å². The molecule has 8 nitrogen and oxygen atoms in total. The summed E-state index contributed by atoms with van der Waals surface area (Å²) < 4.78 is 12.2. The van der Waals surface area contributed by atoms with Gasteiger partial charge in [-0.1, -0.05) is 66.7 Å². The molecule has 0 N–H and O–H groups in total. The number of hydrogen-bond acceptors (Lipinski definition) is 6. The second-order valence-electron chi connectivity index (χ2n) is 14.0. The summed E-state index contributed by atoms with van der Waals surface area (Å²) in [5, 5.41) is 23.4. The maximum Gasteiger partial charge on any atom is 0.280 e. The van der Waals surface area contributed by atoms with Crippen LogP contribution >= 0.6 is 0 Å². The lowest BCUT2D eigenvalue weighted by Gasteiger charge is -2.18. The summed E-state index contributed by atoms with van der Waals surface area (Å²) in [6.07, 6.45) is 6.60. The van der Waals surface area contributed by atoms with Crippen molar-refractivity contribution >= 4 is 23.5 Å². The van der Waals surface area contributed by atoms with Crippen LogP contribution < -0.4 is 9.47 Å².